The summed E-state index contributed by atoms with van der Waals surface area (Å²) in [7, 11) is 0. The fraction of sp³-hybridized carbons (Fsp3) is 0. The van der Waals surface area contributed by atoms with E-state index in [0.717, 1.165) is 11.1 Å². The van der Waals surface area contributed by atoms with Crippen molar-refractivity contribution in [2.24, 2.45) is 0 Å². The molecule has 0 saturated carbocycles. The molecule has 0 amide bonds. The van der Waals surface area contributed by atoms with Crippen molar-refractivity contribution < 1.29 is 15.0 Å². The number of hydrogen-bond donors (Lipinski definition) is 2. The minimum atomic E-state index is -0.459. The third-order valence-corrected chi connectivity index (χ3v) is 5.54. The van der Waals surface area contributed by atoms with Gasteiger partial charge in [0.25, 0.3) is 5.70 Å². The Labute approximate surface area is 194 Å². The number of aromatic nitrogens is 2. The molecule has 0 fully saturated rings. The lowest BCUT2D eigenvalue weighted by Crippen LogP contribution is -2.16. The first-order valence-corrected chi connectivity index (χ1v) is 10.2. The molecule has 0 spiro atoms. The summed E-state index contributed by atoms with van der Waals surface area (Å²) in [4.78, 5) is 26.1. The number of pyridine rings is 2. The molecule has 0 saturated heterocycles. The highest BCUT2D eigenvalue weighted by Gasteiger charge is 2.32. The molecule has 5 rings (SSSR count). The van der Waals surface area contributed by atoms with E-state index in [2.05, 4.69) is 4.85 Å². The molecule has 4 aromatic rings. The molecule has 2 N–H and O–H groups in total. The van der Waals surface area contributed by atoms with Gasteiger partial charge in [-0.15, -0.1) is 0 Å². The van der Waals surface area contributed by atoms with Crippen LogP contribution in [0.5, 0.6) is 11.5 Å². The summed E-state index contributed by atoms with van der Waals surface area (Å²) in [5, 5.41) is 28.7. The van der Waals surface area contributed by atoms with Gasteiger partial charge in [-0.3, -0.25) is 4.79 Å². The first-order chi connectivity index (χ1) is 16.5. The predicted octanol–water partition coefficient (Wildman–Crippen LogP) is 5.24. The number of Topliss-reactive ketones (excluding diaryl/α,β-unsaturated/α-hetero) is 1. The molecule has 34 heavy (non-hydrogen) atoms. The molecular weight excluding hydrogens is 428 g/mol. The highest BCUT2D eigenvalue weighted by molar-refractivity contribution is 6.35. The summed E-state index contributed by atoms with van der Waals surface area (Å²) in [5.74, 6) is -0.210. The predicted molar refractivity (Wildman–Crippen MR) is 125 cm³/mol. The Kier molecular flexibility index (Phi) is 4.86. The summed E-state index contributed by atoms with van der Waals surface area (Å²) in [5.41, 5.74) is 3.67. The smallest absolute Gasteiger partial charge is 0.273 e. The maximum atomic E-state index is 13.3. The number of phenols is 2. The van der Waals surface area contributed by atoms with Crippen molar-refractivity contribution in [3.63, 3.8) is 0 Å². The number of rotatable bonds is 2. The van der Waals surface area contributed by atoms with Gasteiger partial charge in [-0.2, -0.15) is 0 Å². The van der Waals surface area contributed by atoms with Crippen LogP contribution in [-0.2, 0) is 0 Å². The van der Waals surface area contributed by atoms with Gasteiger partial charge in [0, 0.05) is 27.8 Å². The second-order valence-electron chi connectivity index (χ2n) is 7.56. The highest BCUT2D eigenvalue weighted by atomic mass is 16.3. The standard InChI is InChI=1S/C27H14N4O3/c1-29-23(14-28)24-19-10-12-21(15-2-6-17(32)7-3-15)30-25(19)26-20(27(24)34)11-13-22(31-26)16-4-8-18(33)9-5-16/h2-13,32-33H/b24-23-. The third kappa shape index (κ3) is 3.35. The Morgan fingerprint density at radius 3 is 1.71 bits per heavy atom. The number of aromatic hydroxyl groups is 2. The zero-order valence-electron chi connectivity index (χ0n) is 17.5. The van der Waals surface area contributed by atoms with Gasteiger partial charge in [-0.1, -0.05) is 6.07 Å². The number of carbonyl (C=O) groups is 1. The molecule has 0 unspecified atom stereocenters. The molecule has 1 aliphatic rings. The zero-order chi connectivity index (χ0) is 23.8. The van der Waals surface area contributed by atoms with Gasteiger partial charge < -0.3 is 10.2 Å². The second-order valence-corrected chi connectivity index (χ2v) is 7.56. The number of phenolic OH excluding ortho intramolecular Hbond substituents is 2. The largest absolute Gasteiger partial charge is 0.508 e. The molecule has 0 atom stereocenters. The van der Waals surface area contributed by atoms with Gasteiger partial charge in [0.15, 0.2) is 5.78 Å². The molecule has 2 aromatic carbocycles. The molecule has 2 heterocycles. The summed E-state index contributed by atoms with van der Waals surface area (Å²) in [6.45, 7) is 7.38. The molecule has 160 valence electrons. The first kappa shape index (κ1) is 20.6. The molecule has 0 radical (unpaired) electrons. The van der Waals surface area contributed by atoms with E-state index in [0.29, 0.717) is 28.3 Å². The van der Waals surface area contributed by atoms with Crippen molar-refractivity contribution in [2.45, 2.75) is 0 Å². The molecular formula is C27H14N4O3. The molecule has 7 nitrogen and oxygen atoms in total. The van der Waals surface area contributed by atoms with Gasteiger partial charge in [0.05, 0.1) is 29.7 Å². The van der Waals surface area contributed by atoms with Crippen molar-refractivity contribution in [3.8, 4) is 51.5 Å². The van der Waals surface area contributed by atoms with Gasteiger partial charge in [-0.05, 0) is 66.7 Å². The fourth-order valence-corrected chi connectivity index (χ4v) is 3.88. The van der Waals surface area contributed by atoms with Crippen LogP contribution in [-0.4, -0.2) is 26.0 Å². The van der Waals surface area contributed by atoms with E-state index in [1.165, 1.54) is 0 Å². The molecule has 0 aliphatic heterocycles. The minimum absolute atomic E-state index is 0.00365. The highest BCUT2D eigenvalue weighted by Crippen LogP contribution is 2.41. The van der Waals surface area contributed by atoms with E-state index in [4.69, 9.17) is 16.5 Å². The Bertz CT molecular complexity index is 1570. The average Bonchev–Trinajstić information content (AvgIpc) is 2.87. The van der Waals surface area contributed by atoms with Gasteiger partial charge >= 0.3 is 0 Å². The molecule has 7 heteroatoms. The van der Waals surface area contributed by atoms with E-state index in [-0.39, 0.29) is 28.3 Å². The van der Waals surface area contributed by atoms with Crippen LogP contribution in [0.1, 0.15) is 15.9 Å². The SMILES string of the molecule is [C-]#[N+]/C(C#N)=C1\C(=O)c2ccc(-c3ccc(O)cc3)nc2-c2nc(-c3ccc(O)cc3)ccc21. The Morgan fingerprint density at radius 1 is 0.765 bits per heavy atom. The van der Waals surface area contributed by atoms with Crippen LogP contribution in [0.25, 0.3) is 44.3 Å². The topological polar surface area (TPSA) is 111 Å². The Hall–Kier alpha value is -5.27. The van der Waals surface area contributed by atoms with E-state index in [9.17, 15) is 20.3 Å². The number of benzene rings is 2. The van der Waals surface area contributed by atoms with E-state index < -0.39 is 5.78 Å². The Morgan fingerprint density at radius 2 is 1.24 bits per heavy atom. The van der Waals surface area contributed by atoms with Crippen molar-refractivity contribution in [3.05, 3.63) is 101 Å². The number of hydrogen-bond acceptors (Lipinski definition) is 6. The van der Waals surface area contributed by atoms with E-state index in [1.807, 2.05) is 6.07 Å². The fourth-order valence-electron chi connectivity index (χ4n) is 3.88. The van der Waals surface area contributed by atoms with Crippen molar-refractivity contribution in [1.82, 2.24) is 9.97 Å². The quantitative estimate of drug-likeness (QED) is 0.249. The van der Waals surface area contributed by atoms with Crippen LogP contribution in [0.2, 0.25) is 0 Å². The van der Waals surface area contributed by atoms with Crippen molar-refractivity contribution in [2.75, 3.05) is 0 Å². The Balaban J connectivity index is 1.78. The zero-order valence-corrected chi connectivity index (χ0v) is 17.5. The number of carbonyl (C=O) groups excluding carboxylic acids is 1. The van der Waals surface area contributed by atoms with E-state index in [1.54, 1.807) is 72.8 Å². The lowest BCUT2D eigenvalue weighted by molar-refractivity contribution is 0.105. The van der Waals surface area contributed by atoms with Crippen LogP contribution in [0.15, 0.2) is 78.5 Å². The summed E-state index contributed by atoms with van der Waals surface area (Å²) in [6.07, 6.45) is 0. The van der Waals surface area contributed by atoms with Gasteiger partial charge in [0.1, 0.15) is 17.2 Å². The number of ketones is 1. The normalized spacial score (nSPS) is 13.3. The maximum absolute atomic E-state index is 13.3. The number of fused-ring (bicyclic) bond motifs is 3. The van der Waals surface area contributed by atoms with Crippen LogP contribution in [0.4, 0.5) is 0 Å². The first-order valence-electron chi connectivity index (χ1n) is 10.2. The van der Waals surface area contributed by atoms with Crippen molar-refractivity contribution in [1.29, 1.82) is 5.26 Å². The minimum Gasteiger partial charge on any atom is -0.508 e. The number of nitriles is 1. The van der Waals surface area contributed by atoms with Gasteiger partial charge in [-0.25, -0.2) is 20.1 Å². The number of nitrogens with zero attached hydrogens (tertiary/aromatic N) is 4. The van der Waals surface area contributed by atoms with Gasteiger partial charge in [0.2, 0.25) is 0 Å². The molecule has 0 bridgehead atoms. The number of allylic oxidation sites excluding steroid dienone is 2. The van der Waals surface area contributed by atoms with Crippen LogP contribution < -0.4 is 0 Å². The summed E-state index contributed by atoms with van der Waals surface area (Å²) >= 11 is 0. The summed E-state index contributed by atoms with van der Waals surface area (Å²) < 4.78 is 0. The van der Waals surface area contributed by atoms with E-state index >= 15 is 0 Å². The monoisotopic (exact) mass is 442 g/mol. The lowest BCUT2D eigenvalue weighted by Gasteiger charge is -2.21. The maximum Gasteiger partial charge on any atom is 0.273 e. The average molecular weight is 442 g/mol. The van der Waals surface area contributed by atoms with Crippen LogP contribution in [0.3, 0.4) is 0 Å². The molecule has 2 aromatic heterocycles. The second kappa shape index (κ2) is 8.01. The summed E-state index contributed by atoms with van der Waals surface area (Å²) in [6, 6.07) is 21.5. The van der Waals surface area contributed by atoms with Crippen LogP contribution in [0, 0.1) is 17.9 Å². The van der Waals surface area contributed by atoms with Crippen LogP contribution >= 0.6 is 0 Å². The third-order valence-electron chi connectivity index (χ3n) is 5.54. The molecule has 1 aliphatic carbocycles. The lowest BCUT2D eigenvalue weighted by atomic mass is 9.85. The van der Waals surface area contributed by atoms with Crippen molar-refractivity contribution >= 4 is 11.4 Å².